The van der Waals surface area contributed by atoms with Gasteiger partial charge in [0.15, 0.2) is 5.82 Å². The SMILES string of the molecule is CN(C)c1nc(-c2ccccc2)ncc1C(=O)N1CCOCC1. The molecule has 1 aromatic carbocycles. The summed E-state index contributed by atoms with van der Waals surface area (Å²) >= 11 is 0. The predicted molar refractivity (Wildman–Crippen MR) is 88.5 cm³/mol. The number of rotatable bonds is 3. The van der Waals surface area contributed by atoms with Crippen molar-refractivity contribution in [1.29, 1.82) is 0 Å². The number of benzene rings is 1. The van der Waals surface area contributed by atoms with Gasteiger partial charge < -0.3 is 14.5 Å². The van der Waals surface area contributed by atoms with Gasteiger partial charge >= 0.3 is 0 Å². The molecule has 2 aromatic rings. The van der Waals surface area contributed by atoms with Crippen molar-refractivity contribution in [2.75, 3.05) is 45.3 Å². The Balaban J connectivity index is 1.95. The minimum absolute atomic E-state index is 0.0448. The number of carbonyl (C=O) groups excluding carboxylic acids is 1. The van der Waals surface area contributed by atoms with E-state index in [2.05, 4.69) is 9.97 Å². The van der Waals surface area contributed by atoms with Crippen LogP contribution < -0.4 is 4.90 Å². The molecule has 1 fully saturated rings. The zero-order valence-electron chi connectivity index (χ0n) is 13.4. The van der Waals surface area contributed by atoms with Crippen molar-refractivity contribution < 1.29 is 9.53 Å². The van der Waals surface area contributed by atoms with E-state index in [9.17, 15) is 4.79 Å². The standard InChI is InChI=1S/C17H20N4O2/c1-20(2)16-14(17(22)21-8-10-23-11-9-21)12-18-15(19-16)13-6-4-3-5-7-13/h3-7,12H,8-11H2,1-2H3. The molecule has 1 aliphatic heterocycles. The van der Waals surface area contributed by atoms with Crippen LogP contribution in [-0.4, -0.2) is 61.2 Å². The molecule has 0 aliphatic carbocycles. The molecular weight excluding hydrogens is 292 g/mol. The lowest BCUT2D eigenvalue weighted by Crippen LogP contribution is -2.41. The van der Waals surface area contributed by atoms with Crippen molar-refractivity contribution >= 4 is 11.7 Å². The summed E-state index contributed by atoms with van der Waals surface area (Å²) in [6, 6.07) is 9.75. The van der Waals surface area contributed by atoms with E-state index in [1.165, 1.54) is 0 Å². The maximum absolute atomic E-state index is 12.7. The van der Waals surface area contributed by atoms with Crippen molar-refractivity contribution in [1.82, 2.24) is 14.9 Å². The topological polar surface area (TPSA) is 58.6 Å². The van der Waals surface area contributed by atoms with Gasteiger partial charge in [-0.15, -0.1) is 0 Å². The molecule has 1 aliphatic rings. The Labute approximate surface area is 135 Å². The molecule has 23 heavy (non-hydrogen) atoms. The molecule has 120 valence electrons. The first-order chi connectivity index (χ1) is 11.2. The summed E-state index contributed by atoms with van der Waals surface area (Å²) in [6.07, 6.45) is 1.63. The highest BCUT2D eigenvalue weighted by Crippen LogP contribution is 2.22. The monoisotopic (exact) mass is 312 g/mol. The number of carbonyl (C=O) groups is 1. The van der Waals surface area contributed by atoms with Crippen LogP contribution in [0, 0.1) is 0 Å². The minimum atomic E-state index is -0.0448. The fraction of sp³-hybridized carbons (Fsp3) is 0.353. The van der Waals surface area contributed by atoms with E-state index in [0.717, 1.165) is 5.56 Å². The van der Waals surface area contributed by atoms with Crippen LogP contribution in [0.4, 0.5) is 5.82 Å². The third-order valence-electron chi connectivity index (χ3n) is 3.75. The Morgan fingerprint density at radius 1 is 1.17 bits per heavy atom. The lowest BCUT2D eigenvalue weighted by Gasteiger charge is -2.28. The van der Waals surface area contributed by atoms with E-state index < -0.39 is 0 Å². The Kier molecular flexibility index (Phi) is 4.52. The number of anilines is 1. The summed E-state index contributed by atoms with van der Waals surface area (Å²) in [7, 11) is 3.76. The molecular formula is C17H20N4O2. The molecule has 1 amide bonds. The van der Waals surface area contributed by atoms with Crippen LogP contribution in [0.2, 0.25) is 0 Å². The van der Waals surface area contributed by atoms with Crippen LogP contribution in [0.15, 0.2) is 36.5 Å². The first-order valence-corrected chi connectivity index (χ1v) is 7.63. The van der Waals surface area contributed by atoms with Crippen LogP contribution >= 0.6 is 0 Å². The average Bonchev–Trinajstić information content (AvgIpc) is 2.62. The van der Waals surface area contributed by atoms with E-state index in [4.69, 9.17) is 4.74 Å². The molecule has 0 unspecified atom stereocenters. The molecule has 6 heteroatoms. The largest absolute Gasteiger partial charge is 0.378 e. The number of ether oxygens (including phenoxy) is 1. The molecule has 0 bridgehead atoms. The second-order valence-electron chi connectivity index (χ2n) is 5.60. The molecule has 6 nitrogen and oxygen atoms in total. The van der Waals surface area contributed by atoms with Gasteiger partial charge in [-0.1, -0.05) is 30.3 Å². The van der Waals surface area contributed by atoms with E-state index >= 15 is 0 Å². The van der Waals surface area contributed by atoms with Gasteiger partial charge in [0.25, 0.3) is 5.91 Å². The van der Waals surface area contributed by atoms with Crippen molar-refractivity contribution in [3.05, 3.63) is 42.1 Å². The normalized spacial score (nSPS) is 14.6. The maximum Gasteiger partial charge on any atom is 0.259 e. The lowest BCUT2D eigenvalue weighted by atomic mass is 10.2. The summed E-state index contributed by atoms with van der Waals surface area (Å²) in [5, 5.41) is 0. The Hall–Kier alpha value is -2.47. The number of hydrogen-bond donors (Lipinski definition) is 0. The summed E-state index contributed by atoms with van der Waals surface area (Å²) < 4.78 is 5.30. The van der Waals surface area contributed by atoms with Crippen LogP contribution in [0.3, 0.4) is 0 Å². The van der Waals surface area contributed by atoms with Gasteiger partial charge in [0, 0.05) is 38.9 Å². The highest BCUT2D eigenvalue weighted by atomic mass is 16.5. The van der Waals surface area contributed by atoms with Crippen molar-refractivity contribution in [3.8, 4) is 11.4 Å². The van der Waals surface area contributed by atoms with Gasteiger partial charge in [-0.2, -0.15) is 0 Å². The second-order valence-corrected chi connectivity index (χ2v) is 5.60. The van der Waals surface area contributed by atoms with Gasteiger partial charge in [0.05, 0.1) is 13.2 Å². The maximum atomic E-state index is 12.7. The quantitative estimate of drug-likeness (QED) is 0.863. The summed E-state index contributed by atoms with van der Waals surface area (Å²) in [5.41, 5.74) is 1.46. The van der Waals surface area contributed by atoms with Gasteiger partial charge in [0.2, 0.25) is 0 Å². The Morgan fingerprint density at radius 3 is 2.52 bits per heavy atom. The third kappa shape index (κ3) is 3.32. The highest BCUT2D eigenvalue weighted by molar-refractivity contribution is 5.98. The molecule has 0 N–H and O–H groups in total. The van der Waals surface area contributed by atoms with Crippen LogP contribution in [0.5, 0.6) is 0 Å². The van der Waals surface area contributed by atoms with Crippen LogP contribution in [-0.2, 0) is 4.74 Å². The first kappa shape index (κ1) is 15.4. The zero-order chi connectivity index (χ0) is 16.2. The van der Waals surface area contributed by atoms with Crippen LogP contribution in [0.25, 0.3) is 11.4 Å². The van der Waals surface area contributed by atoms with Gasteiger partial charge in [-0.25, -0.2) is 9.97 Å². The van der Waals surface area contributed by atoms with E-state index in [1.807, 2.05) is 49.3 Å². The Morgan fingerprint density at radius 2 is 1.87 bits per heavy atom. The summed E-state index contributed by atoms with van der Waals surface area (Å²) in [5.74, 6) is 1.21. The molecule has 1 saturated heterocycles. The van der Waals surface area contributed by atoms with Crippen LogP contribution in [0.1, 0.15) is 10.4 Å². The summed E-state index contributed by atoms with van der Waals surface area (Å²) in [6.45, 7) is 2.36. The predicted octanol–water partition coefficient (Wildman–Crippen LogP) is 1.68. The summed E-state index contributed by atoms with van der Waals surface area (Å²) in [4.78, 5) is 25.4. The molecule has 1 aromatic heterocycles. The second kappa shape index (κ2) is 6.75. The fourth-order valence-corrected chi connectivity index (χ4v) is 2.53. The average molecular weight is 312 g/mol. The van der Waals surface area contributed by atoms with Crippen molar-refractivity contribution in [3.63, 3.8) is 0 Å². The molecule has 2 heterocycles. The third-order valence-corrected chi connectivity index (χ3v) is 3.75. The molecule has 0 atom stereocenters. The number of morpholine rings is 1. The molecule has 3 rings (SSSR count). The lowest BCUT2D eigenvalue weighted by molar-refractivity contribution is 0.0303. The number of hydrogen-bond acceptors (Lipinski definition) is 5. The highest BCUT2D eigenvalue weighted by Gasteiger charge is 2.23. The minimum Gasteiger partial charge on any atom is -0.378 e. The smallest absolute Gasteiger partial charge is 0.259 e. The van der Waals surface area contributed by atoms with E-state index in [0.29, 0.717) is 43.5 Å². The van der Waals surface area contributed by atoms with E-state index in [1.54, 1.807) is 11.1 Å². The first-order valence-electron chi connectivity index (χ1n) is 7.63. The number of aromatic nitrogens is 2. The Bertz CT molecular complexity index is 682. The van der Waals surface area contributed by atoms with E-state index in [-0.39, 0.29) is 5.91 Å². The molecule has 0 saturated carbocycles. The zero-order valence-corrected chi connectivity index (χ0v) is 13.4. The fourth-order valence-electron chi connectivity index (χ4n) is 2.53. The molecule has 0 spiro atoms. The number of nitrogens with zero attached hydrogens (tertiary/aromatic N) is 4. The molecule has 0 radical (unpaired) electrons. The van der Waals surface area contributed by atoms with Gasteiger partial charge in [-0.05, 0) is 0 Å². The van der Waals surface area contributed by atoms with Gasteiger partial charge in [-0.3, -0.25) is 4.79 Å². The number of amides is 1. The van der Waals surface area contributed by atoms with Gasteiger partial charge in [0.1, 0.15) is 11.4 Å². The van der Waals surface area contributed by atoms with Crippen molar-refractivity contribution in [2.45, 2.75) is 0 Å². The van der Waals surface area contributed by atoms with Crippen molar-refractivity contribution in [2.24, 2.45) is 0 Å².